The number of anilines is 1. The van der Waals surface area contributed by atoms with Crippen molar-refractivity contribution in [3.8, 4) is 6.07 Å². The Kier molecular flexibility index (Phi) is 5.08. The van der Waals surface area contributed by atoms with Crippen molar-refractivity contribution in [2.75, 3.05) is 5.32 Å². The lowest BCUT2D eigenvalue weighted by atomic mass is 9.74. The lowest BCUT2D eigenvalue weighted by molar-refractivity contribution is -0.130. The highest BCUT2D eigenvalue weighted by Crippen LogP contribution is 2.36. The van der Waals surface area contributed by atoms with Crippen molar-refractivity contribution < 1.29 is 9.59 Å². The van der Waals surface area contributed by atoms with Crippen LogP contribution in [-0.4, -0.2) is 11.8 Å². The summed E-state index contributed by atoms with van der Waals surface area (Å²) in [6.07, 6.45) is 6.22. The Hall–Kier alpha value is -2.35. The smallest absolute Gasteiger partial charge is 0.240 e. The maximum absolute atomic E-state index is 12.6. The second-order valence-electron chi connectivity index (χ2n) is 7.34. The van der Waals surface area contributed by atoms with E-state index in [0.717, 1.165) is 43.4 Å². The number of nitriles is 1. The van der Waals surface area contributed by atoms with Crippen LogP contribution in [0.3, 0.4) is 0 Å². The van der Waals surface area contributed by atoms with Gasteiger partial charge in [-0.3, -0.25) is 9.59 Å². The molecule has 2 saturated carbocycles. The molecule has 1 unspecified atom stereocenters. The number of carbonyl (C=O) groups excluding carboxylic acids is 2. The Labute approximate surface area is 148 Å². The van der Waals surface area contributed by atoms with Gasteiger partial charge in [-0.05, 0) is 50.3 Å². The van der Waals surface area contributed by atoms with E-state index in [1.807, 2.05) is 31.2 Å². The number of hydrogen-bond acceptors (Lipinski definition) is 3. The van der Waals surface area contributed by atoms with Gasteiger partial charge in [0.25, 0.3) is 0 Å². The molecule has 3 rings (SSSR count). The number of nitrogens with one attached hydrogen (secondary N) is 2. The van der Waals surface area contributed by atoms with Gasteiger partial charge < -0.3 is 10.6 Å². The third-order valence-electron chi connectivity index (χ3n) is 5.33. The average Bonchev–Trinajstić information content (AvgIpc) is 3.48. The molecular weight excluding hydrogens is 314 g/mol. The first kappa shape index (κ1) is 17.5. The fourth-order valence-electron chi connectivity index (χ4n) is 3.41. The topological polar surface area (TPSA) is 82.0 Å². The summed E-state index contributed by atoms with van der Waals surface area (Å²) in [5.74, 6) is 0.103. The molecule has 5 heteroatoms. The molecule has 1 atom stereocenters. The summed E-state index contributed by atoms with van der Waals surface area (Å²) in [6.45, 7) is 1.92. The molecule has 2 amide bonds. The van der Waals surface area contributed by atoms with Crippen LogP contribution >= 0.6 is 0 Å². The van der Waals surface area contributed by atoms with Crippen molar-refractivity contribution in [2.45, 2.75) is 57.9 Å². The van der Waals surface area contributed by atoms with Crippen LogP contribution < -0.4 is 10.6 Å². The van der Waals surface area contributed by atoms with Crippen LogP contribution in [0.25, 0.3) is 0 Å². The van der Waals surface area contributed by atoms with Crippen molar-refractivity contribution in [3.63, 3.8) is 0 Å². The third kappa shape index (κ3) is 4.01. The molecule has 0 aliphatic heterocycles. The van der Waals surface area contributed by atoms with E-state index < -0.39 is 5.41 Å². The van der Waals surface area contributed by atoms with E-state index >= 15 is 0 Å². The molecule has 0 heterocycles. The van der Waals surface area contributed by atoms with Gasteiger partial charge >= 0.3 is 0 Å². The number of hydrogen-bond donors (Lipinski definition) is 2. The monoisotopic (exact) mass is 339 g/mol. The maximum atomic E-state index is 12.6. The first-order valence-electron chi connectivity index (χ1n) is 9.17. The molecule has 2 aliphatic carbocycles. The fourth-order valence-corrected chi connectivity index (χ4v) is 3.41. The number of amides is 2. The Bertz CT molecular complexity index is 680. The van der Waals surface area contributed by atoms with Crippen molar-refractivity contribution in [1.29, 1.82) is 5.26 Å². The quantitative estimate of drug-likeness (QED) is 0.858. The summed E-state index contributed by atoms with van der Waals surface area (Å²) in [7, 11) is 0. The summed E-state index contributed by atoms with van der Waals surface area (Å²) < 4.78 is 0. The van der Waals surface area contributed by atoms with E-state index in [0.29, 0.717) is 12.8 Å². The standard InChI is InChI=1S/C20H25N3O2/c1-14(22-19(25)20(13-21)11-3-2-4-12-20)15-7-9-17(10-8-15)23-18(24)16-5-6-16/h7-10,14,16H,2-6,11-12H2,1H3,(H,22,25)(H,23,24). The first-order valence-corrected chi connectivity index (χ1v) is 9.17. The van der Waals surface area contributed by atoms with Gasteiger partial charge in [0.2, 0.25) is 11.8 Å². The molecule has 2 aliphatic rings. The number of nitrogens with zero attached hydrogens (tertiary/aromatic N) is 1. The Morgan fingerprint density at radius 3 is 2.36 bits per heavy atom. The molecule has 1 aromatic rings. The summed E-state index contributed by atoms with van der Waals surface area (Å²) in [6, 6.07) is 9.63. The summed E-state index contributed by atoms with van der Waals surface area (Å²) in [5.41, 5.74) is 0.867. The van der Waals surface area contributed by atoms with E-state index in [4.69, 9.17) is 0 Å². The summed E-state index contributed by atoms with van der Waals surface area (Å²) >= 11 is 0. The van der Waals surface area contributed by atoms with E-state index in [2.05, 4.69) is 16.7 Å². The zero-order chi connectivity index (χ0) is 17.9. The van der Waals surface area contributed by atoms with Gasteiger partial charge in [-0.25, -0.2) is 0 Å². The first-order chi connectivity index (χ1) is 12.0. The molecule has 1 aromatic carbocycles. The van der Waals surface area contributed by atoms with Gasteiger partial charge in [0.15, 0.2) is 0 Å². The molecule has 0 spiro atoms. The highest BCUT2D eigenvalue weighted by atomic mass is 16.2. The largest absolute Gasteiger partial charge is 0.348 e. The van der Waals surface area contributed by atoms with Crippen molar-refractivity contribution in [1.82, 2.24) is 5.32 Å². The van der Waals surface area contributed by atoms with Gasteiger partial charge in [-0.1, -0.05) is 31.4 Å². The molecule has 2 fully saturated rings. The predicted molar refractivity (Wildman–Crippen MR) is 95.5 cm³/mol. The van der Waals surface area contributed by atoms with Crippen LogP contribution in [0.1, 0.15) is 63.5 Å². The number of carbonyl (C=O) groups is 2. The van der Waals surface area contributed by atoms with E-state index in [1.165, 1.54) is 0 Å². The predicted octanol–water partition coefficient (Wildman–Crippen LogP) is 3.69. The lowest BCUT2D eigenvalue weighted by Crippen LogP contribution is -2.42. The molecule has 25 heavy (non-hydrogen) atoms. The second kappa shape index (κ2) is 7.26. The van der Waals surface area contributed by atoms with Crippen molar-refractivity contribution in [2.24, 2.45) is 11.3 Å². The Balaban J connectivity index is 1.60. The van der Waals surface area contributed by atoms with Crippen LogP contribution in [0.5, 0.6) is 0 Å². The molecule has 0 bridgehead atoms. The molecule has 0 saturated heterocycles. The summed E-state index contributed by atoms with van der Waals surface area (Å²) in [4.78, 5) is 24.4. The van der Waals surface area contributed by atoms with E-state index in [1.54, 1.807) is 0 Å². The minimum absolute atomic E-state index is 0.0855. The summed E-state index contributed by atoms with van der Waals surface area (Å²) in [5, 5.41) is 15.4. The average molecular weight is 339 g/mol. The van der Waals surface area contributed by atoms with Crippen LogP contribution in [0.2, 0.25) is 0 Å². The molecular formula is C20H25N3O2. The van der Waals surface area contributed by atoms with Crippen molar-refractivity contribution >= 4 is 17.5 Å². The fraction of sp³-hybridized carbons (Fsp3) is 0.550. The lowest BCUT2D eigenvalue weighted by Gasteiger charge is -2.30. The highest BCUT2D eigenvalue weighted by Gasteiger charge is 2.40. The molecule has 132 valence electrons. The SMILES string of the molecule is CC(NC(=O)C1(C#N)CCCCC1)c1ccc(NC(=O)C2CC2)cc1. The van der Waals surface area contributed by atoms with Crippen LogP contribution in [0, 0.1) is 22.7 Å². The minimum atomic E-state index is -0.870. The van der Waals surface area contributed by atoms with Gasteiger partial charge in [-0.15, -0.1) is 0 Å². The molecule has 0 aromatic heterocycles. The normalized spacial score (nSPS) is 20.2. The second-order valence-corrected chi connectivity index (χ2v) is 7.34. The van der Waals surface area contributed by atoms with Gasteiger partial charge in [-0.2, -0.15) is 5.26 Å². The maximum Gasteiger partial charge on any atom is 0.240 e. The zero-order valence-electron chi connectivity index (χ0n) is 14.7. The zero-order valence-corrected chi connectivity index (χ0v) is 14.7. The van der Waals surface area contributed by atoms with Crippen LogP contribution in [-0.2, 0) is 9.59 Å². The third-order valence-corrected chi connectivity index (χ3v) is 5.33. The Morgan fingerprint density at radius 1 is 1.16 bits per heavy atom. The molecule has 0 radical (unpaired) electrons. The highest BCUT2D eigenvalue weighted by molar-refractivity contribution is 5.94. The van der Waals surface area contributed by atoms with E-state index in [-0.39, 0.29) is 23.8 Å². The van der Waals surface area contributed by atoms with Crippen LogP contribution in [0.4, 0.5) is 5.69 Å². The number of rotatable bonds is 5. The number of benzene rings is 1. The molecule has 5 nitrogen and oxygen atoms in total. The minimum Gasteiger partial charge on any atom is -0.348 e. The van der Waals surface area contributed by atoms with E-state index in [9.17, 15) is 14.9 Å². The van der Waals surface area contributed by atoms with Gasteiger partial charge in [0.1, 0.15) is 5.41 Å². The Morgan fingerprint density at radius 2 is 1.80 bits per heavy atom. The van der Waals surface area contributed by atoms with Gasteiger partial charge in [0.05, 0.1) is 12.1 Å². The van der Waals surface area contributed by atoms with Crippen LogP contribution in [0.15, 0.2) is 24.3 Å². The molecule has 2 N–H and O–H groups in total. The van der Waals surface area contributed by atoms with Gasteiger partial charge in [0, 0.05) is 11.6 Å². The van der Waals surface area contributed by atoms with Crippen molar-refractivity contribution in [3.05, 3.63) is 29.8 Å².